The van der Waals surface area contributed by atoms with Crippen molar-refractivity contribution in [2.75, 3.05) is 4.90 Å². The molecular weight excluding hydrogens is 711 g/mol. The van der Waals surface area contributed by atoms with Crippen molar-refractivity contribution in [3.8, 4) is 28.3 Å². The lowest BCUT2D eigenvalue weighted by Crippen LogP contribution is -2.10. The molecule has 12 aromatic rings. The molecule has 0 radical (unpaired) electrons. The van der Waals surface area contributed by atoms with Crippen molar-refractivity contribution in [2.45, 2.75) is 0 Å². The standard InChI is InChI=1S/C53H33N3O2/c1-3-13-35(14-4-1)53-54-51-41-18-8-7-15-36(41)31-46(52(51)58-53)34-23-25-38(26-24-34)55(40-28-30-45-44-20-10-12-22-49(44)57-50(45)33-40)39-27-29-43-42-19-9-11-21-47(42)56(48(43)32-39)37-16-5-2-6-17-37/h1-33H. The van der Waals surface area contributed by atoms with Crippen molar-refractivity contribution in [3.05, 3.63) is 200 Å². The Morgan fingerprint density at radius 2 is 1.03 bits per heavy atom. The molecule has 3 heterocycles. The minimum atomic E-state index is 0.611. The molecule has 58 heavy (non-hydrogen) atoms. The van der Waals surface area contributed by atoms with E-state index in [1.165, 1.54) is 16.3 Å². The lowest BCUT2D eigenvalue weighted by Gasteiger charge is -2.26. The van der Waals surface area contributed by atoms with E-state index in [0.717, 1.165) is 88.8 Å². The number of anilines is 3. The van der Waals surface area contributed by atoms with Gasteiger partial charge in [-0.3, -0.25) is 0 Å². The summed E-state index contributed by atoms with van der Waals surface area (Å²) in [6.07, 6.45) is 0. The van der Waals surface area contributed by atoms with E-state index in [9.17, 15) is 0 Å². The lowest BCUT2D eigenvalue weighted by molar-refractivity contribution is 0.621. The first kappa shape index (κ1) is 32.4. The largest absolute Gasteiger partial charge is 0.456 e. The van der Waals surface area contributed by atoms with E-state index < -0.39 is 0 Å². The van der Waals surface area contributed by atoms with Crippen LogP contribution in [0, 0.1) is 0 Å². The highest BCUT2D eigenvalue weighted by Crippen LogP contribution is 2.43. The van der Waals surface area contributed by atoms with Gasteiger partial charge in [-0.1, -0.05) is 115 Å². The maximum atomic E-state index is 6.61. The monoisotopic (exact) mass is 743 g/mol. The van der Waals surface area contributed by atoms with Crippen molar-refractivity contribution in [2.24, 2.45) is 0 Å². The third kappa shape index (κ3) is 5.07. The predicted octanol–water partition coefficient (Wildman–Crippen LogP) is 14.8. The molecule has 9 aromatic carbocycles. The van der Waals surface area contributed by atoms with Crippen LogP contribution < -0.4 is 4.90 Å². The fourth-order valence-electron chi connectivity index (χ4n) is 8.71. The van der Waals surface area contributed by atoms with Crippen LogP contribution in [0.2, 0.25) is 0 Å². The Morgan fingerprint density at radius 1 is 0.414 bits per heavy atom. The highest BCUT2D eigenvalue weighted by Gasteiger charge is 2.21. The minimum absolute atomic E-state index is 0.611. The van der Waals surface area contributed by atoms with Crippen LogP contribution in [-0.2, 0) is 0 Å². The highest BCUT2D eigenvalue weighted by atomic mass is 16.3. The Hall–Kier alpha value is -7.89. The molecule has 5 heteroatoms. The van der Waals surface area contributed by atoms with E-state index in [1.54, 1.807) is 0 Å². The summed E-state index contributed by atoms with van der Waals surface area (Å²) in [5, 5.41) is 6.81. The zero-order valence-electron chi connectivity index (χ0n) is 31.2. The van der Waals surface area contributed by atoms with E-state index in [1.807, 2.05) is 42.5 Å². The average molecular weight is 744 g/mol. The summed E-state index contributed by atoms with van der Waals surface area (Å²) in [5.41, 5.74) is 12.8. The van der Waals surface area contributed by atoms with Crippen LogP contribution in [0.1, 0.15) is 0 Å². The number of benzene rings is 9. The van der Waals surface area contributed by atoms with Crippen molar-refractivity contribution in [1.29, 1.82) is 0 Å². The number of aromatic nitrogens is 2. The quantitative estimate of drug-likeness (QED) is 0.170. The number of hydrogen-bond acceptors (Lipinski definition) is 4. The van der Waals surface area contributed by atoms with Gasteiger partial charge in [-0.2, -0.15) is 0 Å². The smallest absolute Gasteiger partial charge is 0.227 e. The fourth-order valence-corrected chi connectivity index (χ4v) is 8.71. The molecule has 0 aliphatic heterocycles. The Labute approximate surface area is 333 Å². The molecule has 0 saturated heterocycles. The first-order chi connectivity index (χ1) is 28.7. The molecule has 12 rings (SSSR count). The van der Waals surface area contributed by atoms with E-state index in [-0.39, 0.29) is 0 Å². The summed E-state index contributed by atoms with van der Waals surface area (Å²) in [4.78, 5) is 7.37. The number of oxazole rings is 1. The third-order valence-electron chi connectivity index (χ3n) is 11.4. The first-order valence-electron chi connectivity index (χ1n) is 19.5. The Kier molecular flexibility index (Phi) is 7.16. The molecule has 0 amide bonds. The van der Waals surface area contributed by atoms with Gasteiger partial charge in [-0.15, -0.1) is 0 Å². The van der Waals surface area contributed by atoms with E-state index in [0.29, 0.717) is 5.89 Å². The number of fused-ring (bicyclic) bond motifs is 9. The number of furan rings is 1. The molecule has 0 aliphatic carbocycles. The Morgan fingerprint density at radius 3 is 1.86 bits per heavy atom. The van der Waals surface area contributed by atoms with Gasteiger partial charge in [0.1, 0.15) is 16.7 Å². The molecular formula is C53H33N3O2. The third-order valence-corrected chi connectivity index (χ3v) is 11.4. The average Bonchev–Trinajstić information content (AvgIpc) is 3.99. The van der Waals surface area contributed by atoms with Gasteiger partial charge in [-0.05, 0) is 89.8 Å². The summed E-state index contributed by atoms with van der Waals surface area (Å²) < 4.78 is 15.4. The number of hydrogen-bond donors (Lipinski definition) is 0. The SMILES string of the molecule is c1ccc(-c2nc3c(o2)c(-c2ccc(N(c4ccc5c(c4)oc4ccccc45)c4ccc5c6ccccc6n(-c6ccccc6)c5c4)cc2)cc2ccccc23)cc1. The number of rotatable bonds is 6. The van der Waals surface area contributed by atoms with Crippen molar-refractivity contribution in [1.82, 2.24) is 9.55 Å². The fraction of sp³-hybridized carbons (Fsp3) is 0. The van der Waals surface area contributed by atoms with Gasteiger partial charge in [0.2, 0.25) is 5.89 Å². The summed E-state index contributed by atoms with van der Waals surface area (Å²) in [6, 6.07) is 70.3. The molecule has 0 bridgehead atoms. The van der Waals surface area contributed by atoms with Crippen LogP contribution in [0.5, 0.6) is 0 Å². The van der Waals surface area contributed by atoms with Gasteiger partial charge in [0.25, 0.3) is 0 Å². The lowest BCUT2D eigenvalue weighted by atomic mass is 9.99. The molecule has 0 spiro atoms. The zero-order valence-corrected chi connectivity index (χ0v) is 31.2. The highest BCUT2D eigenvalue weighted by molar-refractivity contribution is 6.12. The molecule has 3 aromatic heterocycles. The molecule has 0 saturated carbocycles. The van der Waals surface area contributed by atoms with Crippen molar-refractivity contribution in [3.63, 3.8) is 0 Å². The van der Waals surface area contributed by atoms with Crippen LogP contribution in [0.4, 0.5) is 17.1 Å². The second-order valence-electron chi connectivity index (χ2n) is 14.8. The Balaban J connectivity index is 1.05. The van der Waals surface area contributed by atoms with E-state index in [2.05, 4.69) is 167 Å². The predicted molar refractivity (Wildman–Crippen MR) is 239 cm³/mol. The second kappa shape index (κ2) is 12.8. The van der Waals surface area contributed by atoms with E-state index >= 15 is 0 Å². The van der Waals surface area contributed by atoms with Crippen LogP contribution >= 0.6 is 0 Å². The topological polar surface area (TPSA) is 47.3 Å². The second-order valence-corrected chi connectivity index (χ2v) is 14.8. The first-order valence-corrected chi connectivity index (χ1v) is 19.5. The van der Waals surface area contributed by atoms with E-state index in [4.69, 9.17) is 13.8 Å². The molecule has 272 valence electrons. The molecule has 0 aliphatic rings. The summed E-state index contributed by atoms with van der Waals surface area (Å²) in [7, 11) is 0. The maximum absolute atomic E-state index is 6.61. The van der Waals surface area contributed by atoms with Gasteiger partial charge in [0.15, 0.2) is 5.58 Å². The maximum Gasteiger partial charge on any atom is 0.227 e. The molecule has 5 nitrogen and oxygen atoms in total. The van der Waals surface area contributed by atoms with Crippen molar-refractivity contribution >= 4 is 82.7 Å². The zero-order chi connectivity index (χ0) is 38.2. The number of para-hydroxylation sites is 3. The van der Waals surface area contributed by atoms with Gasteiger partial charge < -0.3 is 18.3 Å². The van der Waals surface area contributed by atoms with Gasteiger partial charge in [0, 0.05) is 66.9 Å². The van der Waals surface area contributed by atoms with Gasteiger partial charge in [-0.25, -0.2) is 4.98 Å². The summed E-state index contributed by atoms with van der Waals surface area (Å²) in [6.45, 7) is 0. The minimum Gasteiger partial charge on any atom is -0.456 e. The van der Waals surface area contributed by atoms with Gasteiger partial charge >= 0.3 is 0 Å². The molecule has 0 fully saturated rings. The van der Waals surface area contributed by atoms with Crippen LogP contribution in [-0.4, -0.2) is 9.55 Å². The molecule has 0 unspecified atom stereocenters. The normalized spacial score (nSPS) is 11.8. The van der Waals surface area contributed by atoms with Crippen LogP contribution in [0.25, 0.3) is 93.9 Å². The van der Waals surface area contributed by atoms with Crippen LogP contribution in [0.3, 0.4) is 0 Å². The van der Waals surface area contributed by atoms with Gasteiger partial charge in [0.05, 0.1) is 11.0 Å². The van der Waals surface area contributed by atoms with Crippen molar-refractivity contribution < 1.29 is 8.83 Å². The molecule has 0 atom stereocenters. The van der Waals surface area contributed by atoms with Crippen LogP contribution in [0.15, 0.2) is 209 Å². The molecule has 0 N–H and O–H groups in total. The Bertz CT molecular complexity index is 3510. The summed E-state index contributed by atoms with van der Waals surface area (Å²) >= 11 is 0. The number of nitrogens with zero attached hydrogens (tertiary/aromatic N) is 3. The summed E-state index contributed by atoms with van der Waals surface area (Å²) in [5.74, 6) is 0.611.